The topological polar surface area (TPSA) is 99.1 Å². The van der Waals surface area contributed by atoms with Crippen LogP contribution >= 0.6 is 0 Å². The summed E-state index contributed by atoms with van der Waals surface area (Å²) in [5, 5.41) is 0. The summed E-state index contributed by atoms with van der Waals surface area (Å²) in [5.41, 5.74) is -0.855. The van der Waals surface area contributed by atoms with E-state index in [1.54, 1.807) is 0 Å². The van der Waals surface area contributed by atoms with Crippen molar-refractivity contribution in [3.63, 3.8) is 0 Å². The van der Waals surface area contributed by atoms with E-state index in [-0.39, 0.29) is 17.2 Å². The maximum Gasteiger partial charge on any atom is 0.573 e. The Bertz CT molecular complexity index is 874. The second-order valence-electron chi connectivity index (χ2n) is 8.22. The predicted molar refractivity (Wildman–Crippen MR) is 110 cm³/mol. The van der Waals surface area contributed by atoms with Crippen LogP contribution in [0.5, 0.6) is 11.5 Å². The molecule has 0 saturated heterocycles. The van der Waals surface area contributed by atoms with Gasteiger partial charge in [-0.3, -0.25) is 4.55 Å². The van der Waals surface area contributed by atoms with Crippen LogP contribution < -0.4 is 9.47 Å². The van der Waals surface area contributed by atoms with Crippen LogP contribution in [0.15, 0.2) is 18.2 Å². The fraction of sp³-hybridized carbons (Fsp3) is 0.667. The second kappa shape index (κ2) is 10.7. The third-order valence-corrected chi connectivity index (χ3v) is 6.23. The molecule has 1 aromatic rings. The summed E-state index contributed by atoms with van der Waals surface area (Å²) in [6.45, 7) is 3.28. The smallest absolute Gasteiger partial charge is 0.483 e. The summed E-state index contributed by atoms with van der Waals surface area (Å²) in [6, 6.07) is 3.16. The maximum atomic E-state index is 13.0. The number of halogens is 3. The van der Waals surface area contributed by atoms with Crippen LogP contribution in [-0.4, -0.2) is 43.3 Å². The Morgan fingerprint density at radius 3 is 2.22 bits per heavy atom. The molecule has 1 saturated carbocycles. The zero-order valence-corrected chi connectivity index (χ0v) is 18.9. The molecule has 2 rings (SSSR count). The van der Waals surface area contributed by atoms with Gasteiger partial charge in [0.25, 0.3) is 10.1 Å². The standard InChI is InChI=1S/C21H29F3O7S/c1-15(2)20(10-6-4-3-5-7-11-20)30-18-14-16(8-9-17(18)31-21(22,23)24)19(25)29-12-13-32(26,27)28/h8-9,14-15H,3-7,10-13H2,1-2H3,(H,26,27,28). The second-order valence-corrected chi connectivity index (χ2v) is 9.79. The minimum Gasteiger partial charge on any atom is -0.483 e. The fourth-order valence-corrected chi connectivity index (χ4v) is 4.06. The highest BCUT2D eigenvalue weighted by molar-refractivity contribution is 7.85. The number of ether oxygens (including phenoxy) is 3. The van der Waals surface area contributed by atoms with Crippen molar-refractivity contribution >= 4 is 16.1 Å². The molecule has 7 nitrogen and oxygen atoms in total. The van der Waals surface area contributed by atoms with Gasteiger partial charge in [-0.15, -0.1) is 13.2 Å². The van der Waals surface area contributed by atoms with Crippen molar-refractivity contribution in [1.29, 1.82) is 0 Å². The van der Waals surface area contributed by atoms with Crippen LogP contribution in [0.2, 0.25) is 0 Å². The van der Waals surface area contributed by atoms with Crippen molar-refractivity contribution in [3.05, 3.63) is 23.8 Å². The molecule has 0 atom stereocenters. The van der Waals surface area contributed by atoms with Gasteiger partial charge in [0.15, 0.2) is 11.5 Å². The number of carbonyl (C=O) groups excluding carboxylic acids is 1. The van der Waals surface area contributed by atoms with Crippen LogP contribution in [0.3, 0.4) is 0 Å². The molecule has 0 aromatic heterocycles. The molecular weight excluding hydrogens is 453 g/mol. The molecular formula is C21H29F3O7S. The molecule has 0 radical (unpaired) electrons. The first-order chi connectivity index (χ1) is 14.8. The van der Waals surface area contributed by atoms with Gasteiger partial charge in [0.2, 0.25) is 0 Å². The largest absolute Gasteiger partial charge is 0.573 e. The summed E-state index contributed by atoms with van der Waals surface area (Å²) in [4.78, 5) is 12.3. The summed E-state index contributed by atoms with van der Waals surface area (Å²) >= 11 is 0. The van der Waals surface area contributed by atoms with Crippen molar-refractivity contribution in [1.82, 2.24) is 0 Å². The number of rotatable bonds is 8. The number of hydrogen-bond acceptors (Lipinski definition) is 6. The Morgan fingerprint density at radius 2 is 1.69 bits per heavy atom. The molecule has 0 spiro atoms. The highest BCUT2D eigenvalue weighted by Gasteiger charge is 2.38. The van der Waals surface area contributed by atoms with Crippen molar-refractivity contribution in [2.24, 2.45) is 5.92 Å². The van der Waals surface area contributed by atoms with E-state index < -0.39 is 46.2 Å². The van der Waals surface area contributed by atoms with E-state index in [1.807, 2.05) is 13.8 Å². The van der Waals surface area contributed by atoms with E-state index in [0.717, 1.165) is 50.3 Å². The van der Waals surface area contributed by atoms with Crippen LogP contribution in [0.4, 0.5) is 13.2 Å². The molecule has 1 aliphatic rings. The summed E-state index contributed by atoms with van der Waals surface area (Å²) in [7, 11) is -4.33. The van der Waals surface area contributed by atoms with Crippen LogP contribution in [-0.2, 0) is 14.9 Å². The third kappa shape index (κ3) is 8.16. The van der Waals surface area contributed by atoms with E-state index in [9.17, 15) is 26.4 Å². The highest BCUT2D eigenvalue weighted by Crippen LogP contribution is 2.41. The molecule has 1 aliphatic carbocycles. The first-order valence-corrected chi connectivity index (χ1v) is 12.1. The number of benzene rings is 1. The third-order valence-electron chi connectivity index (χ3n) is 5.54. The average molecular weight is 483 g/mol. The number of alkyl halides is 3. The first-order valence-electron chi connectivity index (χ1n) is 10.5. The molecule has 1 aromatic carbocycles. The SMILES string of the molecule is CC(C)C1(Oc2cc(C(=O)OCCS(=O)(=O)O)ccc2OC(F)(F)F)CCCCCCC1. The molecule has 0 heterocycles. The average Bonchev–Trinajstić information content (AvgIpc) is 2.62. The Hall–Kier alpha value is -2.01. The van der Waals surface area contributed by atoms with E-state index in [4.69, 9.17) is 14.0 Å². The van der Waals surface area contributed by atoms with Gasteiger partial charge in [-0.25, -0.2) is 4.79 Å². The lowest BCUT2D eigenvalue weighted by Crippen LogP contribution is -2.42. The summed E-state index contributed by atoms with van der Waals surface area (Å²) in [5.74, 6) is -2.58. The summed E-state index contributed by atoms with van der Waals surface area (Å²) in [6.07, 6.45) is 1.19. The van der Waals surface area contributed by atoms with E-state index >= 15 is 0 Å². The van der Waals surface area contributed by atoms with Crippen LogP contribution in [0.25, 0.3) is 0 Å². The minimum absolute atomic E-state index is 0.00953. The Balaban J connectivity index is 2.35. The molecule has 0 aliphatic heterocycles. The molecule has 32 heavy (non-hydrogen) atoms. The molecule has 0 bridgehead atoms. The minimum atomic E-state index is -4.96. The lowest BCUT2D eigenvalue weighted by Gasteiger charge is -2.40. The molecule has 1 N–H and O–H groups in total. The van der Waals surface area contributed by atoms with Crippen molar-refractivity contribution in [2.45, 2.75) is 70.8 Å². The van der Waals surface area contributed by atoms with Crippen LogP contribution in [0, 0.1) is 5.92 Å². The Kier molecular flexibility index (Phi) is 8.81. The maximum absolute atomic E-state index is 13.0. The van der Waals surface area contributed by atoms with Gasteiger partial charge in [0.05, 0.1) is 5.56 Å². The Morgan fingerprint density at radius 1 is 1.09 bits per heavy atom. The van der Waals surface area contributed by atoms with E-state index in [1.165, 1.54) is 0 Å². The molecule has 11 heteroatoms. The number of hydrogen-bond donors (Lipinski definition) is 1. The van der Waals surface area contributed by atoms with Crippen LogP contribution in [0.1, 0.15) is 69.2 Å². The monoisotopic (exact) mass is 482 g/mol. The zero-order chi connectivity index (χ0) is 24.0. The number of esters is 1. The van der Waals surface area contributed by atoms with Crippen molar-refractivity contribution in [2.75, 3.05) is 12.4 Å². The van der Waals surface area contributed by atoms with E-state index in [2.05, 4.69) is 4.74 Å². The first kappa shape index (κ1) is 26.2. The highest BCUT2D eigenvalue weighted by atomic mass is 32.2. The molecule has 0 unspecified atom stereocenters. The molecule has 182 valence electrons. The van der Waals surface area contributed by atoms with Gasteiger partial charge in [-0.1, -0.05) is 33.1 Å². The van der Waals surface area contributed by atoms with Gasteiger partial charge in [-0.05, 0) is 49.8 Å². The zero-order valence-electron chi connectivity index (χ0n) is 18.1. The number of carbonyl (C=O) groups is 1. The van der Waals surface area contributed by atoms with Gasteiger partial charge in [0, 0.05) is 0 Å². The van der Waals surface area contributed by atoms with Gasteiger partial charge < -0.3 is 14.2 Å². The summed E-state index contributed by atoms with van der Waals surface area (Å²) < 4.78 is 84.3. The van der Waals surface area contributed by atoms with Gasteiger partial charge in [-0.2, -0.15) is 8.42 Å². The molecule has 0 amide bonds. The van der Waals surface area contributed by atoms with E-state index in [0.29, 0.717) is 12.8 Å². The van der Waals surface area contributed by atoms with Crippen molar-refractivity contribution in [3.8, 4) is 11.5 Å². The lowest BCUT2D eigenvalue weighted by molar-refractivity contribution is -0.275. The predicted octanol–water partition coefficient (Wildman–Crippen LogP) is 5.15. The quantitative estimate of drug-likeness (QED) is 0.404. The Labute approximate surface area is 186 Å². The van der Waals surface area contributed by atoms with Crippen molar-refractivity contribution < 1.29 is 45.1 Å². The lowest BCUT2D eigenvalue weighted by atomic mass is 9.79. The molecule has 1 fully saturated rings. The fourth-order valence-electron chi connectivity index (χ4n) is 3.77. The van der Waals surface area contributed by atoms with Gasteiger partial charge >= 0.3 is 12.3 Å². The van der Waals surface area contributed by atoms with Gasteiger partial charge in [0.1, 0.15) is 18.0 Å². The normalized spacial score (nSPS) is 17.3.